The van der Waals surface area contributed by atoms with Crippen LogP contribution in [0.5, 0.6) is 0 Å². The predicted molar refractivity (Wildman–Crippen MR) is 60.0 cm³/mol. The fourth-order valence-corrected chi connectivity index (χ4v) is 1.33. The summed E-state index contributed by atoms with van der Waals surface area (Å²) in [4.78, 5) is 11.8. The van der Waals surface area contributed by atoms with Gasteiger partial charge in [-0.2, -0.15) is 0 Å². The van der Waals surface area contributed by atoms with Crippen LogP contribution in [0.15, 0.2) is 35.0 Å². The Morgan fingerprint density at radius 3 is 2.94 bits per heavy atom. The lowest BCUT2D eigenvalue weighted by molar-refractivity contribution is 0.102. The summed E-state index contributed by atoms with van der Waals surface area (Å²) in [5.41, 5.74) is 7.26. The predicted octanol–water partition coefficient (Wildman–Crippen LogP) is 1.82. The minimum Gasteiger partial charge on any atom is -0.399 e. The summed E-state index contributed by atoms with van der Waals surface area (Å²) in [6, 6.07) is 6.96. The molecule has 0 fully saturated rings. The Morgan fingerprint density at radius 1 is 1.50 bits per heavy atom. The first-order valence-corrected chi connectivity index (χ1v) is 4.75. The fourth-order valence-electron chi connectivity index (χ4n) is 1.33. The average Bonchev–Trinajstić information content (AvgIpc) is 2.64. The van der Waals surface area contributed by atoms with Crippen molar-refractivity contribution in [2.24, 2.45) is 0 Å². The van der Waals surface area contributed by atoms with E-state index in [0.717, 1.165) is 0 Å². The third-order valence-electron chi connectivity index (χ3n) is 2.14. The normalized spacial score (nSPS) is 10.1. The maximum Gasteiger partial charge on any atom is 0.260 e. The number of aryl methyl sites for hydroxylation is 1. The monoisotopic (exact) mass is 217 g/mol. The van der Waals surface area contributed by atoms with Gasteiger partial charge in [0.1, 0.15) is 11.3 Å². The highest BCUT2D eigenvalue weighted by Gasteiger charge is 2.12. The molecular weight excluding hydrogens is 206 g/mol. The van der Waals surface area contributed by atoms with Gasteiger partial charge in [0.05, 0.1) is 6.20 Å². The van der Waals surface area contributed by atoms with Crippen LogP contribution in [0.2, 0.25) is 0 Å². The standard InChI is InChI=1S/C11H11N3O2/c1-7-10(6-13-16-7)11(15)14-9-4-2-3-8(12)5-9/h2-6H,12H2,1H3,(H,14,15). The molecule has 5 nitrogen and oxygen atoms in total. The van der Waals surface area contributed by atoms with Crippen LogP contribution in [0.4, 0.5) is 11.4 Å². The van der Waals surface area contributed by atoms with Crippen molar-refractivity contribution in [3.8, 4) is 0 Å². The molecule has 0 bridgehead atoms. The summed E-state index contributed by atoms with van der Waals surface area (Å²) >= 11 is 0. The minimum absolute atomic E-state index is 0.260. The Bertz CT molecular complexity index is 519. The Balaban J connectivity index is 2.17. The summed E-state index contributed by atoms with van der Waals surface area (Å²) in [7, 11) is 0. The van der Waals surface area contributed by atoms with E-state index in [0.29, 0.717) is 22.7 Å². The molecule has 0 unspecified atom stereocenters. The zero-order valence-corrected chi connectivity index (χ0v) is 8.73. The van der Waals surface area contributed by atoms with E-state index in [1.807, 2.05) is 0 Å². The third-order valence-corrected chi connectivity index (χ3v) is 2.14. The maximum atomic E-state index is 11.8. The largest absolute Gasteiger partial charge is 0.399 e. The molecule has 0 aliphatic rings. The van der Waals surface area contributed by atoms with Crippen molar-refractivity contribution in [2.75, 3.05) is 11.1 Å². The van der Waals surface area contributed by atoms with Gasteiger partial charge in [0.15, 0.2) is 0 Å². The SMILES string of the molecule is Cc1oncc1C(=O)Nc1cccc(N)c1. The van der Waals surface area contributed by atoms with Crippen LogP contribution in [-0.2, 0) is 0 Å². The number of rotatable bonds is 2. The third kappa shape index (κ3) is 2.03. The Kier molecular flexibility index (Phi) is 2.59. The van der Waals surface area contributed by atoms with E-state index < -0.39 is 0 Å². The number of nitrogen functional groups attached to an aromatic ring is 1. The van der Waals surface area contributed by atoms with E-state index in [4.69, 9.17) is 10.3 Å². The molecule has 1 aromatic heterocycles. The van der Waals surface area contributed by atoms with Crippen molar-refractivity contribution < 1.29 is 9.32 Å². The quantitative estimate of drug-likeness (QED) is 0.752. The molecule has 0 radical (unpaired) electrons. The van der Waals surface area contributed by atoms with Gasteiger partial charge >= 0.3 is 0 Å². The molecule has 1 amide bonds. The van der Waals surface area contributed by atoms with E-state index in [9.17, 15) is 4.79 Å². The lowest BCUT2D eigenvalue weighted by Gasteiger charge is -2.04. The van der Waals surface area contributed by atoms with Crippen LogP contribution < -0.4 is 11.1 Å². The number of nitrogens with zero attached hydrogens (tertiary/aromatic N) is 1. The molecule has 3 N–H and O–H groups in total. The smallest absolute Gasteiger partial charge is 0.260 e. The molecule has 0 saturated heterocycles. The van der Waals surface area contributed by atoms with Gasteiger partial charge < -0.3 is 15.6 Å². The van der Waals surface area contributed by atoms with Crippen LogP contribution in [-0.4, -0.2) is 11.1 Å². The summed E-state index contributed by atoms with van der Waals surface area (Å²) in [6.45, 7) is 1.68. The number of nitrogens with two attached hydrogens (primary N) is 1. The number of anilines is 2. The van der Waals surface area contributed by atoms with Crippen LogP contribution in [0.3, 0.4) is 0 Å². The molecule has 0 spiro atoms. The van der Waals surface area contributed by atoms with E-state index in [2.05, 4.69) is 10.5 Å². The van der Waals surface area contributed by atoms with Gasteiger partial charge in [-0.1, -0.05) is 11.2 Å². The van der Waals surface area contributed by atoms with Gasteiger partial charge in [-0.15, -0.1) is 0 Å². The molecule has 1 heterocycles. The summed E-state index contributed by atoms with van der Waals surface area (Å²) in [5, 5.41) is 6.25. The molecule has 16 heavy (non-hydrogen) atoms. The van der Waals surface area contributed by atoms with Crippen molar-refractivity contribution in [1.29, 1.82) is 0 Å². The number of hydrogen-bond donors (Lipinski definition) is 2. The van der Waals surface area contributed by atoms with Gasteiger partial charge in [0.2, 0.25) is 0 Å². The number of hydrogen-bond acceptors (Lipinski definition) is 4. The molecule has 2 aromatic rings. The number of carbonyl (C=O) groups is 1. The van der Waals surface area contributed by atoms with E-state index in [1.54, 1.807) is 31.2 Å². The minimum atomic E-state index is -0.260. The highest BCUT2D eigenvalue weighted by Crippen LogP contribution is 2.14. The van der Waals surface area contributed by atoms with E-state index >= 15 is 0 Å². The van der Waals surface area contributed by atoms with E-state index in [-0.39, 0.29) is 5.91 Å². The van der Waals surface area contributed by atoms with Crippen LogP contribution >= 0.6 is 0 Å². The van der Waals surface area contributed by atoms with Crippen molar-refractivity contribution in [1.82, 2.24) is 5.16 Å². The zero-order valence-electron chi connectivity index (χ0n) is 8.73. The number of aromatic nitrogens is 1. The number of carbonyl (C=O) groups excluding carboxylic acids is 1. The number of nitrogens with one attached hydrogen (secondary N) is 1. The van der Waals surface area contributed by atoms with Gasteiger partial charge in [-0.25, -0.2) is 0 Å². The molecule has 0 saturated carbocycles. The highest BCUT2D eigenvalue weighted by molar-refractivity contribution is 6.04. The maximum absolute atomic E-state index is 11.8. The van der Waals surface area contributed by atoms with Crippen LogP contribution in [0, 0.1) is 6.92 Å². The molecule has 0 aliphatic carbocycles. The van der Waals surface area contributed by atoms with Crippen LogP contribution in [0.1, 0.15) is 16.1 Å². The molecular formula is C11H11N3O2. The van der Waals surface area contributed by atoms with Crippen LogP contribution in [0.25, 0.3) is 0 Å². The molecule has 1 aromatic carbocycles. The van der Waals surface area contributed by atoms with Gasteiger partial charge in [0, 0.05) is 11.4 Å². The van der Waals surface area contributed by atoms with Crippen molar-refractivity contribution in [3.05, 3.63) is 41.8 Å². The van der Waals surface area contributed by atoms with Gasteiger partial charge in [-0.05, 0) is 25.1 Å². The first-order valence-electron chi connectivity index (χ1n) is 4.75. The average molecular weight is 217 g/mol. The Hall–Kier alpha value is -2.30. The number of benzene rings is 1. The van der Waals surface area contributed by atoms with E-state index in [1.165, 1.54) is 6.20 Å². The molecule has 0 aliphatic heterocycles. The first-order chi connectivity index (χ1) is 7.66. The van der Waals surface area contributed by atoms with Gasteiger partial charge in [0.25, 0.3) is 5.91 Å². The topological polar surface area (TPSA) is 81.2 Å². The Labute approximate surface area is 92.2 Å². The second-order valence-electron chi connectivity index (χ2n) is 3.38. The first kappa shape index (κ1) is 10.2. The van der Waals surface area contributed by atoms with Gasteiger partial charge in [-0.3, -0.25) is 4.79 Å². The van der Waals surface area contributed by atoms with Crippen molar-refractivity contribution in [3.63, 3.8) is 0 Å². The fraction of sp³-hybridized carbons (Fsp3) is 0.0909. The zero-order chi connectivity index (χ0) is 11.5. The molecule has 0 atom stereocenters. The lowest BCUT2D eigenvalue weighted by atomic mass is 10.2. The second kappa shape index (κ2) is 4.06. The highest BCUT2D eigenvalue weighted by atomic mass is 16.5. The molecule has 2 rings (SSSR count). The molecule has 5 heteroatoms. The summed E-state index contributed by atoms with van der Waals surface area (Å²) in [5.74, 6) is 0.228. The number of amides is 1. The summed E-state index contributed by atoms with van der Waals surface area (Å²) < 4.78 is 4.81. The lowest BCUT2D eigenvalue weighted by Crippen LogP contribution is -2.12. The van der Waals surface area contributed by atoms with Crippen molar-refractivity contribution in [2.45, 2.75) is 6.92 Å². The summed E-state index contributed by atoms with van der Waals surface area (Å²) in [6.07, 6.45) is 1.39. The second-order valence-corrected chi connectivity index (χ2v) is 3.38. The van der Waals surface area contributed by atoms with Crippen molar-refractivity contribution >= 4 is 17.3 Å². The Morgan fingerprint density at radius 2 is 2.31 bits per heavy atom. The molecule has 82 valence electrons.